The van der Waals surface area contributed by atoms with Crippen LogP contribution in [0.3, 0.4) is 0 Å². The maximum atomic E-state index is 13.4. The molecule has 8 fully saturated rings. The lowest BCUT2D eigenvalue weighted by Gasteiger charge is -2.62. The zero-order valence-electron chi connectivity index (χ0n) is 26.4. The van der Waals surface area contributed by atoms with Gasteiger partial charge in [0.05, 0.1) is 0 Å². The van der Waals surface area contributed by atoms with Crippen molar-refractivity contribution in [3.8, 4) is 0 Å². The lowest BCUT2D eigenvalue weighted by molar-refractivity contribution is -0.190. The molecule has 10 atom stereocenters. The summed E-state index contributed by atoms with van der Waals surface area (Å²) >= 11 is 0. The highest BCUT2D eigenvalue weighted by molar-refractivity contribution is 5.76. The molecule has 1 N–H and O–H groups in total. The molecule has 0 unspecified atom stereocenters. The molecule has 0 spiro atoms. The Morgan fingerprint density at radius 2 is 1.55 bits per heavy atom. The molecule has 0 aromatic heterocycles. The van der Waals surface area contributed by atoms with E-state index < -0.39 is 0 Å². The molecule has 234 valence electrons. The van der Waals surface area contributed by atoms with Crippen LogP contribution in [0.1, 0.15) is 124 Å². The fraction of sp³-hybridized carbons (Fsp3) is 0.917. The molecular weight excluding hydrogens is 526 g/mol. The van der Waals surface area contributed by atoms with Crippen LogP contribution < -0.4 is 5.32 Å². The Bertz CT molecular complexity index is 1020. The van der Waals surface area contributed by atoms with Gasteiger partial charge in [0.15, 0.2) is 0 Å². The fourth-order valence-electron chi connectivity index (χ4n) is 13.8. The van der Waals surface area contributed by atoms with E-state index in [0.717, 1.165) is 49.9 Å². The molecule has 0 aromatic rings. The van der Waals surface area contributed by atoms with E-state index in [1.165, 1.54) is 64.2 Å². The second kappa shape index (κ2) is 10.8. The first kappa shape index (κ1) is 29.1. The van der Waals surface area contributed by atoms with Gasteiger partial charge < -0.3 is 14.8 Å². The molecule has 0 saturated heterocycles. The molecule has 8 rings (SSSR count). The van der Waals surface area contributed by atoms with Crippen LogP contribution in [0.15, 0.2) is 0 Å². The van der Waals surface area contributed by atoms with Gasteiger partial charge in [-0.25, -0.2) is 0 Å². The number of hydrogen-bond donors (Lipinski definition) is 1. The second-order valence-electron chi connectivity index (χ2n) is 17.1. The van der Waals surface area contributed by atoms with Crippen LogP contribution in [0.4, 0.5) is 0 Å². The average Bonchev–Trinajstić information content (AvgIpc) is 3.30. The zero-order chi connectivity index (χ0) is 29.3. The molecule has 42 heavy (non-hydrogen) atoms. The van der Waals surface area contributed by atoms with Crippen LogP contribution in [0.2, 0.25) is 0 Å². The van der Waals surface area contributed by atoms with E-state index in [9.17, 15) is 14.4 Å². The highest BCUT2D eigenvalue weighted by Crippen LogP contribution is 2.69. The highest BCUT2D eigenvalue weighted by Gasteiger charge is 2.65. The third kappa shape index (κ3) is 4.66. The van der Waals surface area contributed by atoms with Crippen molar-refractivity contribution in [2.45, 2.75) is 141 Å². The molecular formula is C36H55NO5. The van der Waals surface area contributed by atoms with Gasteiger partial charge in [-0.15, -0.1) is 0 Å². The number of nitrogens with one attached hydrogen (secondary N) is 1. The summed E-state index contributed by atoms with van der Waals surface area (Å²) < 4.78 is 11.5. The molecule has 0 aromatic carbocycles. The minimum absolute atomic E-state index is 0.0288. The van der Waals surface area contributed by atoms with Gasteiger partial charge in [0.1, 0.15) is 12.2 Å². The number of rotatable bonds is 9. The summed E-state index contributed by atoms with van der Waals surface area (Å²) in [5.41, 5.74) is 0.281. The molecule has 8 saturated carbocycles. The van der Waals surface area contributed by atoms with E-state index in [1.807, 2.05) is 0 Å². The molecule has 0 heterocycles. The smallest absolute Gasteiger partial charge is 0.293 e. The molecule has 4 bridgehead atoms. The molecule has 1 amide bonds. The number of amides is 1. The summed E-state index contributed by atoms with van der Waals surface area (Å²) in [7, 11) is 0. The molecule has 8 aliphatic carbocycles. The van der Waals surface area contributed by atoms with Crippen LogP contribution in [-0.4, -0.2) is 36.6 Å². The summed E-state index contributed by atoms with van der Waals surface area (Å²) in [5, 5.41) is 3.61. The van der Waals surface area contributed by atoms with Crippen molar-refractivity contribution in [3.63, 3.8) is 0 Å². The number of carbonyl (C=O) groups excluding carboxylic acids is 3. The highest BCUT2D eigenvalue weighted by atomic mass is 16.5. The van der Waals surface area contributed by atoms with E-state index in [-0.39, 0.29) is 34.5 Å². The first-order chi connectivity index (χ1) is 20.2. The van der Waals surface area contributed by atoms with E-state index in [1.54, 1.807) is 0 Å². The quantitative estimate of drug-likeness (QED) is 0.302. The Balaban J connectivity index is 1.02. The van der Waals surface area contributed by atoms with Gasteiger partial charge in [0.2, 0.25) is 5.91 Å². The van der Waals surface area contributed by atoms with Gasteiger partial charge in [-0.2, -0.15) is 0 Å². The summed E-state index contributed by atoms with van der Waals surface area (Å²) in [6, 6.07) is 0. The molecule has 0 radical (unpaired) electrons. The van der Waals surface area contributed by atoms with Crippen molar-refractivity contribution in [1.82, 2.24) is 5.32 Å². The van der Waals surface area contributed by atoms with Crippen molar-refractivity contribution >= 4 is 18.9 Å². The summed E-state index contributed by atoms with van der Waals surface area (Å²) in [5.74, 6) is 6.06. The predicted octanol–water partition coefficient (Wildman–Crippen LogP) is 6.84. The van der Waals surface area contributed by atoms with Crippen LogP contribution in [0.5, 0.6) is 0 Å². The summed E-state index contributed by atoms with van der Waals surface area (Å²) in [4.78, 5) is 36.3. The number of fused-ring (bicyclic) bond motifs is 5. The van der Waals surface area contributed by atoms with E-state index >= 15 is 0 Å². The van der Waals surface area contributed by atoms with Gasteiger partial charge in [-0.3, -0.25) is 14.4 Å². The van der Waals surface area contributed by atoms with Crippen molar-refractivity contribution < 1.29 is 23.9 Å². The Kier molecular flexibility index (Phi) is 7.49. The summed E-state index contributed by atoms with van der Waals surface area (Å²) in [6.45, 7) is 8.64. The molecule has 6 heteroatoms. The third-order valence-corrected chi connectivity index (χ3v) is 15.2. The van der Waals surface area contributed by atoms with E-state index in [4.69, 9.17) is 9.47 Å². The Hall–Kier alpha value is -1.59. The predicted molar refractivity (Wildman–Crippen MR) is 160 cm³/mol. The van der Waals surface area contributed by atoms with E-state index in [0.29, 0.717) is 54.9 Å². The Labute approximate surface area is 253 Å². The maximum absolute atomic E-state index is 13.4. The third-order valence-electron chi connectivity index (χ3n) is 15.2. The normalized spacial score (nSPS) is 51.0. The van der Waals surface area contributed by atoms with Gasteiger partial charge in [-0.1, -0.05) is 20.8 Å². The van der Waals surface area contributed by atoms with Crippen LogP contribution in [0, 0.1) is 64.1 Å². The van der Waals surface area contributed by atoms with Gasteiger partial charge in [0.25, 0.3) is 12.9 Å². The Morgan fingerprint density at radius 1 is 0.857 bits per heavy atom. The lowest BCUT2D eigenvalue weighted by atomic mass is 9.43. The maximum Gasteiger partial charge on any atom is 0.293 e. The van der Waals surface area contributed by atoms with Crippen LogP contribution >= 0.6 is 0 Å². The standard InChI is InChI=1S/C36H55NO5/c1-22(4-9-33(40)37-36-17-23-12-24(18-36)14-25(13-23)19-36)29-7-8-30-28-6-5-26-15-27(41-20-38)10-11-34(26,2)31(28)16-32(42-21-39)35(29,30)3/h20-32H,4-19H2,1-3H3,(H,37,40)/t22-,23?,24?,25?,26-,27-,28+,29-,30+,31+,32+,34+,35-,36?/m1/s1. The molecule has 6 nitrogen and oxygen atoms in total. The van der Waals surface area contributed by atoms with Crippen molar-refractivity contribution in [2.24, 2.45) is 64.1 Å². The van der Waals surface area contributed by atoms with Gasteiger partial charge in [0, 0.05) is 17.4 Å². The minimum atomic E-state index is -0.0587. The first-order valence-electron chi connectivity index (χ1n) is 17.7. The summed E-state index contributed by atoms with van der Waals surface area (Å²) in [6.07, 6.45) is 18.2. The fourth-order valence-corrected chi connectivity index (χ4v) is 13.8. The number of ether oxygens (including phenoxy) is 2. The average molecular weight is 582 g/mol. The topological polar surface area (TPSA) is 81.7 Å². The molecule has 8 aliphatic rings. The first-order valence-corrected chi connectivity index (χ1v) is 17.7. The largest absolute Gasteiger partial charge is 0.465 e. The van der Waals surface area contributed by atoms with Gasteiger partial charge in [-0.05, 0) is 155 Å². The SMILES string of the molecule is C[C@H](CCC(=O)NC12CC3CC(CC(C3)C1)C2)[C@H]1CC[C@H]2[C@@H]3CC[C@@H]4C[C@H](OC=O)CC[C@]4(C)[C@H]3C[C@H](OC=O)[C@]12C. The lowest BCUT2D eigenvalue weighted by Crippen LogP contribution is -2.60. The number of hydrogen-bond acceptors (Lipinski definition) is 5. The van der Waals surface area contributed by atoms with E-state index in [2.05, 4.69) is 26.1 Å². The monoisotopic (exact) mass is 581 g/mol. The van der Waals surface area contributed by atoms with Crippen molar-refractivity contribution in [3.05, 3.63) is 0 Å². The Morgan fingerprint density at radius 3 is 2.21 bits per heavy atom. The zero-order valence-corrected chi connectivity index (χ0v) is 26.4. The van der Waals surface area contributed by atoms with Gasteiger partial charge >= 0.3 is 0 Å². The van der Waals surface area contributed by atoms with Crippen LogP contribution in [-0.2, 0) is 23.9 Å². The van der Waals surface area contributed by atoms with Crippen molar-refractivity contribution in [2.75, 3.05) is 0 Å². The van der Waals surface area contributed by atoms with Crippen LogP contribution in [0.25, 0.3) is 0 Å². The number of carbonyl (C=O) groups is 3. The molecule has 0 aliphatic heterocycles. The second-order valence-corrected chi connectivity index (χ2v) is 17.1. The van der Waals surface area contributed by atoms with Crippen molar-refractivity contribution in [1.29, 1.82) is 0 Å². The minimum Gasteiger partial charge on any atom is -0.465 e.